The van der Waals surface area contributed by atoms with Crippen LogP contribution in [0.4, 0.5) is 0 Å². The molecule has 4 atom stereocenters. The highest BCUT2D eigenvalue weighted by Crippen LogP contribution is 2.34. The lowest BCUT2D eigenvalue weighted by molar-refractivity contribution is -0.137. The smallest absolute Gasteiger partial charge is 0.303 e. The molecule has 1 saturated carbocycles. The quantitative estimate of drug-likeness (QED) is 0.343. The van der Waals surface area contributed by atoms with E-state index in [9.17, 15) is 19.8 Å². The van der Waals surface area contributed by atoms with Crippen LogP contribution in [0.3, 0.4) is 0 Å². The van der Waals surface area contributed by atoms with Crippen molar-refractivity contribution in [3.05, 3.63) is 12.1 Å². The fourth-order valence-corrected chi connectivity index (χ4v) is 2.82. The topological polar surface area (TPSA) is 94.8 Å². The third-order valence-electron chi connectivity index (χ3n) is 4.27. The van der Waals surface area contributed by atoms with Gasteiger partial charge in [0.25, 0.3) is 0 Å². The Balaban J connectivity index is 3.02. The molecule has 1 aliphatic rings. The van der Waals surface area contributed by atoms with Crippen LogP contribution in [0.2, 0.25) is 0 Å². The number of hydrogen-bond donors (Lipinski definition) is 3. The molecule has 5 nitrogen and oxygen atoms in total. The fraction of sp³-hybridized carbons (Fsp3) is 0.800. The van der Waals surface area contributed by atoms with Crippen molar-refractivity contribution in [2.24, 2.45) is 11.8 Å². The third-order valence-corrected chi connectivity index (χ3v) is 4.27. The van der Waals surface area contributed by atoms with Gasteiger partial charge in [0.15, 0.2) is 0 Å². The molecule has 25 heavy (non-hydrogen) atoms. The molecule has 144 valence electrons. The van der Waals surface area contributed by atoms with Gasteiger partial charge >= 0.3 is 5.97 Å². The first-order valence-electron chi connectivity index (χ1n) is 11.6. The first kappa shape index (κ1) is 14.9. The Labute approximate surface area is 158 Å². The van der Waals surface area contributed by atoms with Gasteiger partial charge in [0.2, 0.25) is 0 Å². The average molecular weight is 365 g/mol. The highest BCUT2D eigenvalue weighted by atomic mass is 16.4. The van der Waals surface area contributed by atoms with Gasteiger partial charge in [-0.15, -0.1) is 0 Å². The lowest BCUT2D eigenvalue weighted by Gasteiger charge is -2.18. The normalized spacial score (nSPS) is 38.3. The van der Waals surface area contributed by atoms with Crippen molar-refractivity contribution in [3.8, 4) is 0 Å². The van der Waals surface area contributed by atoms with Crippen LogP contribution in [-0.4, -0.2) is 39.2 Å². The minimum atomic E-state index is -2.65. The zero-order chi connectivity index (χ0) is 23.2. The molecule has 0 spiro atoms. The standard InChI is InChI=1S/C20H34O5/c1-2-3-6-9-15(21)12-13-17-16(18(22)14-19(17)23)10-7-4-5-8-11-20(24)25/h12-13,15-17,19,21,23H,2-11,14H2,1H3,(H,24,25)/b13-12+/t15-,16+,17+,19+/m0/s1/i12T,15T,16T,17T,19T. The molecule has 5 heteroatoms. The van der Waals surface area contributed by atoms with Crippen molar-refractivity contribution in [1.82, 2.24) is 0 Å². The number of unbranched alkanes of at least 4 members (excludes halogenated alkanes) is 5. The summed E-state index contributed by atoms with van der Waals surface area (Å²) in [4.78, 5) is 23.1. The molecular weight excluding hydrogens is 320 g/mol. The number of Topliss-reactive ketones (excluding diaryl/α,β-unsaturated/α-hetero) is 1. The number of aliphatic hydroxyl groups is 2. The van der Waals surface area contributed by atoms with E-state index >= 15 is 0 Å². The molecule has 3 N–H and O–H groups in total. The van der Waals surface area contributed by atoms with E-state index in [1.807, 2.05) is 6.92 Å². The fourth-order valence-electron chi connectivity index (χ4n) is 2.82. The molecule has 0 bridgehead atoms. The summed E-state index contributed by atoms with van der Waals surface area (Å²) in [6.07, 6.45) is -1.26. The first-order chi connectivity index (χ1) is 13.7. The largest absolute Gasteiger partial charge is 0.481 e. The minimum Gasteiger partial charge on any atom is -0.481 e. The SMILES string of the molecule is [3H]/C(=C\[C@]1([3H])[C@@]([3H])(CCCCCCC(=O)O)C(=O)C[C@@]1([3H])O)[C@@]([3H])(O)CCCCC. The maximum atomic E-state index is 12.5. The Morgan fingerprint density at radius 3 is 2.76 bits per heavy atom. The number of carbonyl (C=O) groups excluding carboxylic acids is 1. The Hall–Kier alpha value is -1.20. The van der Waals surface area contributed by atoms with Crippen LogP contribution in [-0.2, 0) is 9.59 Å². The second-order valence-corrected chi connectivity index (χ2v) is 6.44. The number of hydrogen-bond acceptors (Lipinski definition) is 4. The summed E-state index contributed by atoms with van der Waals surface area (Å²) in [6, 6.07) is -0.702. The number of carboxylic acids is 1. The van der Waals surface area contributed by atoms with Crippen LogP contribution in [0.15, 0.2) is 12.1 Å². The van der Waals surface area contributed by atoms with Crippen LogP contribution < -0.4 is 0 Å². The second kappa shape index (κ2) is 12.2. The Morgan fingerprint density at radius 1 is 1.36 bits per heavy atom. The van der Waals surface area contributed by atoms with E-state index in [-0.39, 0.29) is 19.3 Å². The van der Waals surface area contributed by atoms with E-state index < -0.39 is 48.2 Å². The summed E-state index contributed by atoms with van der Waals surface area (Å²) in [6.45, 7) is 1.94. The van der Waals surface area contributed by atoms with Crippen molar-refractivity contribution >= 4 is 11.8 Å². The van der Waals surface area contributed by atoms with Crippen molar-refractivity contribution in [1.29, 1.82) is 0 Å². The highest BCUT2D eigenvalue weighted by molar-refractivity contribution is 5.84. The molecule has 0 radical (unpaired) electrons. The zero-order valence-electron chi connectivity index (χ0n) is 20.0. The number of carbonyl (C=O) groups is 2. The van der Waals surface area contributed by atoms with E-state index in [2.05, 4.69) is 0 Å². The van der Waals surface area contributed by atoms with Gasteiger partial charge in [-0.1, -0.05) is 57.6 Å². The van der Waals surface area contributed by atoms with E-state index in [0.717, 1.165) is 18.9 Å². The van der Waals surface area contributed by atoms with Gasteiger partial charge in [-0.3, -0.25) is 9.59 Å². The van der Waals surface area contributed by atoms with Crippen LogP contribution in [0.25, 0.3) is 0 Å². The van der Waals surface area contributed by atoms with Crippen molar-refractivity contribution in [2.75, 3.05) is 0 Å². The van der Waals surface area contributed by atoms with Gasteiger partial charge in [-0.2, -0.15) is 0 Å². The predicted molar refractivity (Wildman–Crippen MR) is 97.2 cm³/mol. The number of carboxylic acid groups (broad SMARTS) is 1. The van der Waals surface area contributed by atoms with Crippen LogP contribution in [0.1, 0.15) is 84.4 Å². The molecule has 0 amide bonds. The molecule has 1 fully saturated rings. The van der Waals surface area contributed by atoms with Crippen LogP contribution in [0.5, 0.6) is 0 Å². The summed E-state index contributed by atoms with van der Waals surface area (Å²) in [7, 11) is 0. The van der Waals surface area contributed by atoms with Gasteiger partial charge in [0.1, 0.15) is 5.78 Å². The molecule has 1 aliphatic carbocycles. The number of rotatable bonds is 13. The molecule has 1 rings (SSSR count). The van der Waals surface area contributed by atoms with Crippen LogP contribution >= 0.6 is 0 Å². The molecule has 0 unspecified atom stereocenters. The van der Waals surface area contributed by atoms with Crippen molar-refractivity contribution in [2.45, 2.75) is 89.7 Å². The summed E-state index contributed by atoms with van der Waals surface area (Å²) in [5.74, 6) is -6.39. The second-order valence-electron chi connectivity index (χ2n) is 6.44. The molecule has 0 heterocycles. The van der Waals surface area contributed by atoms with Gasteiger partial charge in [0.05, 0.1) is 16.3 Å². The van der Waals surface area contributed by atoms with E-state index in [1.54, 1.807) is 0 Å². The summed E-state index contributed by atoms with van der Waals surface area (Å²) >= 11 is 0. The Bertz CT molecular complexity index is 651. The summed E-state index contributed by atoms with van der Waals surface area (Å²) in [5, 5.41) is 29.4. The minimum absolute atomic E-state index is 0.0187. The molecule has 0 aromatic heterocycles. The zero-order valence-corrected chi connectivity index (χ0v) is 15.0. The van der Waals surface area contributed by atoms with Crippen LogP contribution in [0, 0.1) is 11.8 Å². The predicted octanol–water partition coefficient (Wildman–Crippen LogP) is 3.48. The van der Waals surface area contributed by atoms with Crippen molar-refractivity contribution in [3.63, 3.8) is 0 Å². The molecule has 0 aromatic rings. The van der Waals surface area contributed by atoms with Gasteiger partial charge in [0, 0.05) is 27.4 Å². The lowest BCUT2D eigenvalue weighted by Crippen LogP contribution is -2.19. The van der Waals surface area contributed by atoms with Gasteiger partial charge in [-0.05, 0) is 19.3 Å². The molecule has 0 aliphatic heterocycles. The maximum absolute atomic E-state index is 12.5. The van der Waals surface area contributed by atoms with E-state index in [4.69, 9.17) is 12.0 Å². The molecular formula is C20H34O5. The summed E-state index contributed by atoms with van der Waals surface area (Å²) in [5.41, 5.74) is 0. The van der Waals surface area contributed by atoms with Gasteiger partial charge < -0.3 is 15.3 Å². The molecule has 0 saturated heterocycles. The lowest BCUT2D eigenvalue weighted by atomic mass is 9.88. The average Bonchev–Trinajstić information content (AvgIpc) is 2.75. The Kier molecular flexibility index (Phi) is 7.28. The number of ketones is 1. The summed E-state index contributed by atoms with van der Waals surface area (Å²) < 4.78 is 41.4. The van der Waals surface area contributed by atoms with Gasteiger partial charge in [-0.25, -0.2) is 0 Å². The maximum Gasteiger partial charge on any atom is 0.303 e. The van der Waals surface area contributed by atoms with E-state index in [1.165, 1.54) is 0 Å². The highest BCUT2D eigenvalue weighted by Gasteiger charge is 2.39. The first-order valence-corrected chi connectivity index (χ1v) is 9.13. The van der Waals surface area contributed by atoms with E-state index in [0.29, 0.717) is 32.1 Å². The Morgan fingerprint density at radius 2 is 2.08 bits per heavy atom. The number of aliphatic carboxylic acids is 1. The van der Waals surface area contributed by atoms with Crippen molar-refractivity contribution < 1.29 is 31.8 Å². The molecule has 0 aromatic carbocycles. The monoisotopic (exact) mass is 364 g/mol. The third kappa shape index (κ3) is 8.63.